The van der Waals surface area contributed by atoms with E-state index in [1.165, 1.54) is 69.3 Å². The summed E-state index contributed by atoms with van der Waals surface area (Å²) in [5, 5.41) is 10.2. The number of hydrogen-bond acceptors (Lipinski definition) is 3. The second kappa shape index (κ2) is 20.3. The minimum atomic E-state index is -0.815. The van der Waals surface area contributed by atoms with Crippen LogP contribution in [0.15, 0.2) is 30.3 Å². The molecule has 0 bridgehead atoms. The van der Waals surface area contributed by atoms with E-state index < -0.39 is 5.97 Å². The molecule has 0 aliphatic rings. The fourth-order valence-corrected chi connectivity index (χ4v) is 3.85. The molecule has 0 radical (unpaired) electrons. The maximum Gasteiger partial charge on any atom is 0.303 e. The van der Waals surface area contributed by atoms with Crippen molar-refractivity contribution in [2.45, 2.75) is 110 Å². The molecule has 1 rings (SSSR count). The van der Waals surface area contributed by atoms with E-state index in [9.17, 15) is 9.59 Å². The standard InChI is InChI=1S/C29H47NO4/c1-3-5-6-7-8-9-10-11-12-13-14-15-19-26-20-18-21-27(25-26)29(33)30(34-24-4-2)23-17-16-22-28(31)32/h15,18-21,25H,3-14,16-17,22-24H2,1-2H3,(H,31,32)/b19-15+. The lowest BCUT2D eigenvalue weighted by Gasteiger charge is -2.22. The van der Waals surface area contributed by atoms with Crippen LogP contribution in [-0.4, -0.2) is 35.2 Å². The molecule has 192 valence electrons. The smallest absolute Gasteiger partial charge is 0.303 e. The fourth-order valence-electron chi connectivity index (χ4n) is 3.85. The molecule has 5 heteroatoms. The summed E-state index contributed by atoms with van der Waals surface area (Å²) in [6, 6.07) is 7.62. The van der Waals surface area contributed by atoms with E-state index in [1.54, 1.807) is 0 Å². The van der Waals surface area contributed by atoms with Crippen LogP contribution in [0.5, 0.6) is 0 Å². The molecule has 0 saturated heterocycles. The molecule has 0 atom stereocenters. The SMILES string of the molecule is CCCCCCCCCCCC/C=C/c1cccc(C(=O)N(CCCCC(=O)O)OCCC)c1. The molecule has 0 spiro atoms. The number of allylic oxidation sites excluding steroid dienone is 1. The first kappa shape index (κ1) is 29.9. The predicted octanol–water partition coefficient (Wildman–Crippen LogP) is 8.05. The van der Waals surface area contributed by atoms with Crippen molar-refractivity contribution in [1.29, 1.82) is 0 Å². The highest BCUT2D eigenvalue weighted by molar-refractivity contribution is 5.94. The van der Waals surface area contributed by atoms with Crippen molar-refractivity contribution in [1.82, 2.24) is 5.06 Å². The lowest BCUT2D eigenvalue weighted by Crippen LogP contribution is -2.32. The third kappa shape index (κ3) is 14.9. The molecule has 1 N–H and O–H groups in total. The van der Waals surface area contributed by atoms with Gasteiger partial charge in [0.05, 0.1) is 6.61 Å². The van der Waals surface area contributed by atoms with Crippen LogP contribution in [-0.2, 0) is 9.63 Å². The molecule has 34 heavy (non-hydrogen) atoms. The fraction of sp³-hybridized carbons (Fsp3) is 0.655. The highest BCUT2D eigenvalue weighted by Crippen LogP contribution is 2.14. The second-order valence-corrected chi connectivity index (χ2v) is 9.09. The zero-order chi connectivity index (χ0) is 24.9. The van der Waals surface area contributed by atoms with Gasteiger partial charge in [-0.2, -0.15) is 0 Å². The van der Waals surface area contributed by atoms with Crippen LogP contribution in [0.1, 0.15) is 126 Å². The van der Waals surface area contributed by atoms with Gasteiger partial charge in [-0.3, -0.25) is 14.4 Å². The average molecular weight is 474 g/mol. The van der Waals surface area contributed by atoms with Gasteiger partial charge in [0.1, 0.15) is 0 Å². The Bertz CT molecular complexity index is 701. The van der Waals surface area contributed by atoms with Gasteiger partial charge in [0.25, 0.3) is 5.91 Å². The van der Waals surface area contributed by atoms with Crippen molar-refractivity contribution in [3.8, 4) is 0 Å². The highest BCUT2D eigenvalue weighted by Gasteiger charge is 2.16. The van der Waals surface area contributed by atoms with Crippen LogP contribution < -0.4 is 0 Å². The van der Waals surface area contributed by atoms with Gasteiger partial charge in [0.2, 0.25) is 0 Å². The number of aliphatic carboxylic acids is 1. The van der Waals surface area contributed by atoms with Gasteiger partial charge in [-0.15, -0.1) is 0 Å². The predicted molar refractivity (Wildman–Crippen MR) is 141 cm³/mol. The topological polar surface area (TPSA) is 66.8 Å². The van der Waals surface area contributed by atoms with Gasteiger partial charge in [-0.1, -0.05) is 95.9 Å². The van der Waals surface area contributed by atoms with Gasteiger partial charge in [-0.05, 0) is 49.8 Å². The van der Waals surface area contributed by atoms with Crippen molar-refractivity contribution in [2.75, 3.05) is 13.2 Å². The van der Waals surface area contributed by atoms with Crippen molar-refractivity contribution < 1.29 is 19.5 Å². The molecule has 5 nitrogen and oxygen atoms in total. The molecule has 0 aliphatic carbocycles. The van der Waals surface area contributed by atoms with Crippen LogP contribution in [0, 0.1) is 0 Å². The number of hydrogen-bond donors (Lipinski definition) is 1. The molecule has 0 aliphatic heterocycles. The summed E-state index contributed by atoms with van der Waals surface area (Å²) < 4.78 is 0. The van der Waals surface area contributed by atoms with Crippen LogP contribution in [0.3, 0.4) is 0 Å². The van der Waals surface area contributed by atoms with E-state index in [2.05, 4.69) is 19.1 Å². The first-order valence-electron chi connectivity index (χ1n) is 13.5. The zero-order valence-corrected chi connectivity index (χ0v) is 21.6. The lowest BCUT2D eigenvalue weighted by atomic mass is 10.1. The summed E-state index contributed by atoms with van der Waals surface area (Å²) in [6.45, 7) is 5.11. The van der Waals surface area contributed by atoms with E-state index in [-0.39, 0.29) is 12.3 Å². The number of benzene rings is 1. The van der Waals surface area contributed by atoms with E-state index in [0.29, 0.717) is 31.6 Å². The Morgan fingerprint density at radius 3 is 2.21 bits per heavy atom. The summed E-state index contributed by atoms with van der Waals surface area (Å²) >= 11 is 0. The van der Waals surface area contributed by atoms with Gasteiger partial charge < -0.3 is 5.11 Å². The number of carboxylic acids is 1. The maximum absolute atomic E-state index is 13.0. The molecule has 1 aromatic rings. The van der Waals surface area contributed by atoms with Gasteiger partial charge in [0.15, 0.2) is 0 Å². The number of hydroxylamine groups is 2. The summed E-state index contributed by atoms with van der Waals surface area (Å²) in [6.07, 6.45) is 20.8. The minimum absolute atomic E-state index is 0.106. The number of amides is 1. The number of carbonyl (C=O) groups is 2. The summed E-state index contributed by atoms with van der Waals surface area (Å²) in [5.74, 6) is -0.988. The number of carbonyl (C=O) groups excluding carboxylic acids is 1. The van der Waals surface area contributed by atoms with Crippen LogP contribution in [0.2, 0.25) is 0 Å². The largest absolute Gasteiger partial charge is 0.481 e. The minimum Gasteiger partial charge on any atom is -0.481 e. The molecule has 1 amide bonds. The molecule has 0 saturated carbocycles. The Balaban J connectivity index is 2.39. The summed E-state index contributed by atoms with van der Waals surface area (Å²) in [4.78, 5) is 29.3. The second-order valence-electron chi connectivity index (χ2n) is 9.09. The molecule has 0 fully saturated rings. The van der Waals surface area contributed by atoms with Crippen LogP contribution in [0.4, 0.5) is 0 Å². The first-order chi connectivity index (χ1) is 16.6. The van der Waals surface area contributed by atoms with Gasteiger partial charge >= 0.3 is 5.97 Å². The van der Waals surface area contributed by atoms with Crippen molar-refractivity contribution in [3.63, 3.8) is 0 Å². The average Bonchev–Trinajstić information content (AvgIpc) is 2.84. The van der Waals surface area contributed by atoms with Crippen LogP contribution in [0.25, 0.3) is 6.08 Å². The Hall–Kier alpha value is -2.14. The Kier molecular flexibility index (Phi) is 17.8. The van der Waals surface area contributed by atoms with E-state index in [0.717, 1.165) is 18.4 Å². The number of unbranched alkanes of at least 4 members (excludes halogenated alkanes) is 11. The third-order valence-electron chi connectivity index (χ3n) is 5.85. The van der Waals surface area contributed by atoms with E-state index in [4.69, 9.17) is 9.94 Å². The number of rotatable bonds is 21. The quantitative estimate of drug-likeness (QED) is 0.145. The Morgan fingerprint density at radius 2 is 1.56 bits per heavy atom. The van der Waals surface area contributed by atoms with E-state index in [1.807, 2.05) is 31.2 Å². The van der Waals surface area contributed by atoms with Gasteiger partial charge in [-0.25, -0.2) is 5.06 Å². The zero-order valence-electron chi connectivity index (χ0n) is 21.6. The lowest BCUT2D eigenvalue weighted by molar-refractivity contribution is -0.137. The van der Waals surface area contributed by atoms with Crippen molar-refractivity contribution >= 4 is 18.0 Å². The van der Waals surface area contributed by atoms with Crippen molar-refractivity contribution in [2.24, 2.45) is 0 Å². The van der Waals surface area contributed by atoms with Crippen molar-refractivity contribution in [3.05, 3.63) is 41.5 Å². The molecule has 0 aromatic heterocycles. The molecule has 0 heterocycles. The highest BCUT2D eigenvalue weighted by atomic mass is 16.7. The molecule has 0 unspecified atom stereocenters. The summed E-state index contributed by atoms with van der Waals surface area (Å²) in [7, 11) is 0. The van der Waals surface area contributed by atoms with Gasteiger partial charge in [0, 0.05) is 18.5 Å². The maximum atomic E-state index is 13.0. The number of nitrogens with zero attached hydrogens (tertiary/aromatic N) is 1. The normalized spacial score (nSPS) is 11.2. The third-order valence-corrected chi connectivity index (χ3v) is 5.85. The number of carboxylic acid groups (broad SMARTS) is 1. The monoisotopic (exact) mass is 473 g/mol. The Labute approximate surface area is 207 Å². The summed E-state index contributed by atoms with van der Waals surface area (Å²) in [5.41, 5.74) is 1.61. The Morgan fingerprint density at radius 1 is 0.882 bits per heavy atom. The van der Waals surface area contributed by atoms with Crippen LogP contribution >= 0.6 is 0 Å². The molecule has 1 aromatic carbocycles. The molecular weight excluding hydrogens is 426 g/mol. The van der Waals surface area contributed by atoms with E-state index >= 15 is 0 Å². The first-order valence-corrected chi connectivity index (χ1v) is 13.5. The molecular formula is C29H47NO4.